The molecule has 6 heteroatoms. The van der Waals surface area contributed by atoms with Crippen molar-refractivity contribution in [2.24, 2.45) is 0 Å². The number of hydrogen-bond donors (Lipinski definition) is 1. The zero-order valence-electron chi connectivity index (χ0n) is 9.21. The van der Waals surface area contributed by atoms with Crippen LogP contribution in [0.15, 0.2) is 36.9 Å². The summed E-state index contributed by atoms with van der Waals surface area (Å²) in [4.78, 5) is 16.3. The Morgan fingerprint density at radius 3 is 2.83 bits per heavy atom. The van der Waals surface area contributed by atoms with Crippen LogP contribution in [0.1, 0.15) is 0 Å². The molecule has 0 saturated carbocycles. The van der Waals surface area contributed by atoms with Gasteiger partial charge in [-0.3, -0.25) is 0 Å². The van der Waals surface area contributed by atoms with E-state index in [2.05, 4.69) is 19.9 Å². The minimum Gasteiger partial charge on any atom is -0.383 e. The molecule has 3 heterocycles. The first kappa shape index (κ1) is 10.9. The minimum absolute atomic E-state index is 0.398. The average Bonchev–Trinajstić information content (AvgIpc) is 2.40. The van der Waals surface area contributed by atoms with Gasteiger partial charge in [0.1, 0.15) is 17.3 Å². The largest absolute Gasteiger partial charge is 0.383 e. The summed E-state index contributed by atoms with van der Waals surface area (Å²) in [5.41, 5.74) is 8.00. The monoisotopic (exact) mass is 257 g/mol. The molecule has 3 aromatic rings. The third kappa shape index (κ3) is 1.74. The molecule has 0 aliphatic heterocycles. The fourth-order valence-electron chi connectivity index (χ4n) is 1.71. The maximum absolute atomic E-state index is 6.05. The normalized spacial score (nSPS) is 10.7. The predicted octanol–water partition coefficient (Wildman–Crippen LogP) is 2.32. The first-order valence-electron chi connectivity index (χ1n) is 5.23. The minimum atomic E-state index is 0.398. The van der Waals surface area contributed by atoms with Crippen molar-refractivity contribution in [3.8, 4) is 11.1 Å². The smallest absolute Gasteiger partial charge is 0.164 e. The van der Waals surface area contributed by atoms with Gasteiger partial charge in [-0.25, -0.2) is 19.9 Å². The van der Waals surface area contributed by atoms with E-state index < -0.39 is 0 Å². The highest BCUT2D eigenvalue weighted by Crippen LogP contribution is 2.28. The summed E-state index contributed by atoms with van der Waals surface area (Å²) in [7, 11) is 0. The van der Waals surface area contributed by atoms with Crippen LogP contribution in [0.3, 0.4) is 0 Å². The van der Waals surface area contributed by atoms with Gasteiger partial charge in [0.25, 0.3) is 0 Å². The van der Waals surface area contributed by atoms with Gasteiger partial charge in [-0.2, -0.15) is 0 Å². The molecule has 88 valence electrons. The zero-order valence-corrected chi connectivity index (χ0v) is 9.96. The maximum atomic E-state index is 6.05. The van der Waals surface area contributed by atoms with Crippen LogP contribution in [0.5, 0.6) is 0 Å². The molecule has 0 unspecified atom stereocenters. The highest BCUT2D eigenvalue weighted by atomic mass is 35.5. The number of nitrogen functional groups attached to an aromatic ring is 1. The van der Waals surface area contributed by atoms with Gasteiger partial charge in [-0.05, 0) is 18.2 Å². The summed E-state index contributed by atoms with van der Waals surface area (Å²) in [6.45, 7) is 0. The lowest BCUT2D eigenvalue weighted by Gasteiger charge is -2.05. The van der Waals surface area contributed by atoms with Gasteiger partial charge < -0.3 is 5.73 Å². The quantitative estimate of drug-likeness (QED) is 0.677. The Hall–Kier alpha value is -2.27. The van der Waals surface area contributed by atoms with Crippen molar-refractivity contribution < 1.29 is 0 Å². The molecule has 0 aliphatic rings. The molecule has 3 rings (SSSR count). The van der Waals surface area contributed by atoms with Gasteiger partial charge in [0.05, 0.1) is 5.39 Å². The molecule has 0 saturated heterocycles. The van der Waals surface area contributed by atoms with E-state index in [1.807, 2.05) is 18.2 Å². The van der Waals surface area contributed by atoms with E-state index in [1.165, 1.54) is 6.33 Å². The van der Waals surface area contributed by atoms with Crippen LogP contribution in [-0.2, 0) is 0 Å². The molecule has 3 aromatic heterocycles. The number of halogens is 1. The Kier molecular flexibility index (Phi) is 2.53. The number of nitrogens with zero attached hydrogens (tertiary/aromatic N) is 4. The predicted molar refractivity (Wildman–Crippen MR) is 70.0 cm³/mol. The molecule has 0 aliphatic carbocycles. The van der Waals surface area contributed by atoms with Gasteiger partial charge in [0.15, 0.2) is 5.65 Å². The average molecular weight is 258 g/mol. The van der Waals surface area contributed by atoms with Crippen molar-refractivity contribution >= 4 is 28.5 Å². The molecular formula is C12H8ClN5. The standard InChI is InChI=1S/C12H8ClN5/c13-10-8(2-1-3-15-10)7-4-9-11(14)17-6-18-12(9)16-5-7/h1-6H,(H2,14,16,17,18). The molecule has 0 bridgehead atoms. The Morgan fingerprint density at radius 2 is 2.00 bits per heavy atom. The summed E-state index contributed by atoms with van der Waals surface area (Å²) < 4.78 is 0. The fourth-order valence-corrected chi connectivity index (χ4v) is 1.94. The van der Waals surface area contributed by atoms with E-state index >= 15 is 0 Å². The van der Waals surface area contributed by atoms with Gasteiger partial charge in [0, 0.05) is 23.5 Å². The lowest BCUT2D eigenvalue weighted by Crippen LogP contribution is -1.95. The number of hydrogen-bond acceptors (Lipinski definition) is 5. The van der Waals surface area contributed by atoms with Crippen LogP contribution < -0.4 is 5.73 Å². The van der Waals surface area contributed by atoms with Crippen molar-refractivity contribution in [2.75, 3.05) is 5.73 Å². The Bertz CT molecular complexity index is 728. The maximum Gasteiger partial charge on any atom is 0.164 e. The van der Waals surface area contributed by atoms with Gasteiger partial charge in [-0.1, -0.05) is 11.6 Å². The van der Waals surface area contributed by atoms with Crippen molar-refractivity contribution in [3.63, 3.8) is 0 Å². The number of nitrogens with two attached hydrogens (primary N) is 1. The summed E-state index contributed by atoms with van der Waals surface area (Å²) in [5.74, 6) is 0.398. The van der Waals surface area contributed by atoms with Crippen LogP contribution in [0.4, 0.5) is 5.82 Å². The molecule has 0 radical (unpaired) electrons. The van der Waals surface area contributed by atoms with Gasteiger partial charge in [-0.15, -0.1) is 0 Å². The fraction of sp³-hybridized carbons (Fsp3) is 0. The third-order valence-corrected chi connectivity index (χ3v) is 2.89. The summed E-state index contributed by atoms with van der Waals surface area (Å²) >= 11 is 6.05. The van der Waals surface area contributed by atoms with E-state index in [-0.39, 0.29) is 0 Å². The van der Waals surface area contributed by atoms with Gasteiger partial charge in [0.2, 0.25) is 0 Å². The number of pyridine rings is 2. The lowest BCUT2D eigenvalue weighted by atomic mass is 10.1. The number of fused-ring (bicyclic) bond motifs is 1. The number of aromatic nitrogens is 4. The van der Waals surface area contributed by atoms with Crippen molar-refractivity contribution in [1.82, 2.24) is 19.9 Å². The summed E-state index contributed by atoms with van der Waals surface area (Å²) in [6.07, 6.45) is 4.72. The molecule has 0 spiro atoms. The van der Waals surface area contributed by atoms with Crippen LogP contribution >= 0.6 is 11.6 Å². The number of rotatable bonds is 1. The Balaban J connectivity index is 2.26. The molecule has 0 aromatic carbocycles. The summed E-state index contributed by atoms with van der Waals surface area (Å²) in [6, 6.07) is 5.55. The molecule has 0 amide bonds. The SMILES string of the molecule is Nc1ncnc2ncc(-c3cccnc3Cl)cc12. The van der Waals surface area contributed by atoms with Crippen LogP contribution in [-0.4, -0.2) is 19.9 Å². The van der Waals surface area contributed by atoms with Gasteiger partial charge >= 0.3 is 0 Å². The molecule has 5 nitrogen and oxygen atoms in total. The number of anilines is 1. The zero-order chi connectivity index (χ0) is 12.5. The van der Waals surface area contributed by atoms with Crippen molar-refractivity contribution in [1.29, 1.82) is 0 Å². The second-order valence-corrected chi connectivity index (χ2v) is 4.05. The van der Waals surface area contributed by atoms with E-state index in [4.69, 9.17) is 17.3 Å². The summed E-state index contributed by atoms with van der Waals surface area (Å²) in [5, 5.41) is 1.13. The second kappa shape index (κ2) is 4.19. The molecule has 2 N–H and O–H groups in total. The molecule has 0 fully saturated rings. The van der Waals surface area contributed by atoms with Crippen LogP contribution in [0.25, 0.3) is 22.2 Å². The van der Waals surface area contributed by atoms with Crippen molar-refractivity contribution in [2.45, 2.75) is 0 Å². The first-order chi connectivity index (χ1) is 8.75. The highest BCUT2D eigenvalue weighted by molar-refractivity contribution is 6.32. The van der Waals surface area contributed by atoms with Crippen LogP contribution in [0, 0.1) is 0 Å². The highest BCUT2D eigenvalue weighted by Gasteiger charge is 2.07. The van der Waals surface area contributed by atoms with Crippen LogP contribution in [0.2, 0.25) is 5.15 Å². The Morgan fingerprint density at radius 1 is 1.11 bits per heavy atom. The van der Waals surface area contributed by atoms with E-state index in [9.17, 15) is 0 Å². The van der Waals surface area contributed by atoms with Crippen molar-refractivity contribution in [3.05, 3.63) is 42.1 Å². The lowest BCUT2D eigenvalue weighted by molar-refractivity contribution is 1.19. The Labute approximate surface area is 108 Å². The van der Waals surface area contributed by atoms with E-state index in [1.54, 1.807) is 12.4 Å². The molecule has 0 atom stereocenters. The molecular weight excluding hydrogens is 250 g/mol. The van der Waals surface area contributed by atoms with E-state index in [0.717, 1.165) is 11.1 Å². The third-order valence-electron chi connectivity index (χ3n) is 2.59. The first-order valence-corrected chi connectivity index (χ1v) is 5.60. The van der Waals surface area contributed by atoms with E-state index in [0.29, 0.717) is 22.0 Å². The molecule has 18 heavy (non-hydrogen) atoms. The second-order valence-electron chi connectivity index (χ2n) is 3.70. The topological polar surface area (TPSA) is 77.6 Å².